The van der Waals surface area contributed by atoms with Crippen LogP contribution in [0.5, 0.6) is 0 Å². The van der Waals surface area contributed by atoms with Crippen molar-refractivity contribution in [3.8, 4) is 5.69 Å². The minimum atomic E-state index is -1.07. The van der Waals surface area contributed by atoms with Crippen molar-refractivity contribution in [1.29, 1.82) is 0 Å². The number of aromatic nitrogens is 2. The van der Waals surface area contributed by atoms with E-state index >= 15 is 0 Å². The second-order valence-corrected chi connectivity index (χ2v) is 5.21. The van der Waals surface area contributed by atoms with Crippen LogP contribution in [0.15, 0.2) is 30.3 Å². The number of carbonyl (C=O) groups excluding carboxylic acids is 1. The highest BCUT2D eigenvalue weighted by Gasteiger charge is 2.21. The number of hydrogen-bond acceptors (Lipinski definition) is 3. The number of halogens is 1. The lowest BCUT2D eigenvalue weighted by Gasteiger charge is -2.10. The number of hydrogen-bond donors (Lipinski definition) is 2. The summed E-state index contributed by atoms with van der Waals surface area (Å²) in [7, 11) is 0. The molecule has 1 aromatic carbocycles. The van der Waals surface area contributed by atoms with E-state index in [-0.39, 0.29) is 5.69 Å². The molecule has 116 valence electrons. The standard InChI is InChI=1S/C15H16ClN3O3/c1-3-11(15(21)22)17-14(20)12-8-9(2)19(18-12)13-7-5-4-6-10(13)16/h4-8,11H,3H2,1-2H3,(H,17,20)(H,21,22). The van der Waals surface area contributed by atoms with E-state index in [9.17, 15) is 9.59 Å². The SMILES string of the molecule is CCC(NC(=O)c1cc(C)n(-c2ccccc2Cl)n1)C(=O)O. The number of aliphatic carboxylic acids is 1. The zero-order valence-corrected chi connectivity index (χ0v) is 13.0. The number of carboxylic acid groups (broad SMARTS) is 1. The number of amides is 1. The van der Waals surface area contributed by atoms with Gasteiger partial charge in [0.25, 0.3) is 5.91 Å². The predicted molar refractivity (Wildman–Crippen MR) is 82.5 cm³/mol. The molecular weight excluding hydrogens is 306 g/mol. The minimum Gasteiger partial charge on any atom is -0.480 e. The van der Waals surface area contributed by atoms with Crippen LogP contribution < -0.4 is 5.32 Å². The van der Waals surface area contributed by atoms with Crippen LogP contribution in [0, 0.1) is 6.92 Å². The van der Waals surface area contributed by atoms with Gasteiger partial charge in [0.2, 0.25) is 0 Å². The van der Waals surface area contributed by atoms with Crippen LogP contribution in [0.4, 0.5) is 0 Å². The fourth-order valence-corrected chi connectivity index (χ4v) is 2.24. The Morgan fingerprint density at radius 3 is 2.68 bits per heavy atom. The van der Waals surface area contributed by atoms with E-state index < -0.39 is 17.9 Å². The molecule has 1 unspecified atom stereocenters. The van der Waals surface area contributed by atoms with Gasteiger partial charge in [-0.1, -0.05) is 30.7 Å². The van der Waals surface area contributed by atoms with Crippen LogP contribution in [0.1, 0.15) is 29.5 Å². The van der Waals surface area contributed by atoms with Gasteiger partial charge in [0, 0.05) is 5.69 Å². The maximum atomic E-state index is 12.1. The van der Waals surface area contributed by atoms with E-state index in [0.717, 1.165) is 5.69 Å². The largest absolute Gasteiger partial charge is 0.480 e. The number of nitrogens with one attached hydrogen (secondary N) is 1. The molecular formula is C15H16ClN3O3. The van der Waals surface area contributed by atoms with Crippen LogP contribution in [0.25, 0.3) is 5.69 Å². The normalized spacial score (nSPS) is 12.0. The molecule has 2 aromatic rings. The van der Waals surface area contributed by atoms with Crippen LogP contribution in [0.3, 0.4) is 0 Å². The average molecular weight is 322 g/mol. The molecule has 2 rings (SSSR count). The van der Waals surface area contributed by atoms with Crippen molar-refractivity contribution in [2.24, 2.45) is 0 Å². The monoisotopic (exact) mass is 321 g/mol. The predicted octanol–water partition coefficient (Wildman–Crippen LogP) is 2.43. The van der Waals surface area contributed by atoms with E-state index in [0.29, 0.717) is 17.1 Å². The molecule has 0 saturated heterocycles. The third kappa shape index (κ3) is 3.28. The van der Waals surface area contributed by atoms with Gasteiger partial charge >= 0.3 is 5.97 Å². The summed E-state index contributed by atoms with van der Waals surface area (Å²) in [4.78, 5) is 23.1. The number of nitrogens with zero attached hydrogens (tertiary/aromatic N) is 2. The maximum Gasteiger partial charge on any atom is 0.326 e. The summed E-state index contributed by atoms with van der Waals surface area (Å²) in [5.41, 5.74) is 1.53. The fraction of sp³-hybridized carbons (Fsp3) is 0.267. The van der Waals surface area contributed by atoms with Crippen molar-refractivity contribution in [2.45, 2.75) is 26.3 Å². The van der Waals surface area contributed by atoms with E-state index in [1.54, 1.807) is 42.8 Å². The van der Waals surface area contributed by atoms with Gasteiger partial charge in [-0.05, 0) is 31.5 Å². The topological polar surface area (TPSA) is 84.2 Å². The first-order chi connectivity index (χ1) is 10.4. The lowest BCUT2D eigenvalue weighted by Crippen LogP contribution is -2.40. The molecule has 6 nitrogen and oxygen atoms in total. The van der Waals surface area contributed by atoms with Crippen LogP contribution >= 0.6 is 11.6 Å². The Bertz CT molecular complexity index is 712. The van der Waals surface area contributed by atoms with E-state index in [2.05, 4.69) is 10.4 Å². The van der Waals surface area contributed by atoms with Gasteiger partial charge in [0.05, 0.1) is 10.7 Å². The third-order valence-corrected chi connectivity index (χ3v) is 3.53. The van der Waals surface area contributed by atoms with Gasteiger partial charge in [-0.3, -0.25) is 4.79 Å². The summed E-state index contributed by atoms with van der Waals surface area (Å²) in [6, 6.07) is 7.80. The summed E-state index contributed by atoms with van der Waals surface area (Å²) < 4.78 is 1.55. The van der Waals surface area contributed by atoms with Crippen LogP contribution in [-0.2, 0) is 4.79 Å². The van der Waals surface area contributed by atoms with Gasteiger partial charge in [0.1, 0.15) is 6.04 Å². The number of carboxylic acids is 1. The van der Waals surface area contributed by atoms with E-state index in [1.807, 2.05) is 6.07 Å². The van der Waals surface area contributed by atoms with Crippen molar-refractivity contribution in [1.82, 2.24) is 15.1 Å². The zero-order chi connectivity index (χ0) is 16.3. The molecule has 0 aliphatic rings. The van der Waals surface area contributed by atoms with Crippen molar-refractivity contribution < 1.29 is 14.7 Å². The van der Waals surface area contributed by atoms with Crippen molar-refractivity contribution in [2.75, 3.05) is 0 Å². The molecule has 0 spiro atoms. The van der Waals surface area contributed by atoms with E-state index in [4.69, 9.17) is 16.7 Å². The highest BCUT2D eigenvalue weighted by Crippen LogP contribution is 2.21. The summed E-state index contributed by atoms with van der Waals surface area (Å²) in [5.74, 6) is -1.60. The number of rotatable bonds is 5. The van der Waals surface area contributed by atoms with Crippen molar-refractivity contribution in [3.63, 3.8) is 0 Å². The quantitative estimate of drug-likeness (QED) is 0.885. The highest BCUT2D eigenvalue weighted by molar-refractivity contribution is 6.32. The Balaban J connectivity index is 2.28. The second kappa shape index (κ2) is 6.62. The lowest BCUT2D eigenvalue weighted by atomic mass is 10.2. The Morgan fingerprint density at radius 1 is 1.41 bits per heavy atom. The number of carbonyl (C=O) groups is 2. The molecule has 0 bridgehead atoms. The average Bonchev–Trinajstić information content (AvgIpc) is 2.86. The van der Waals surface area contributed by atoms with Gasteiger partial charge < -0.3 is 10.4 Å². The molecule has 0 aliphatic carbocycles. The first-order valence-corrected chi connectivity index (χ1v) is 7.17. The third-order valence-electron chi connectivity index (χ3n) is 3.21. The molecule has 1 atom stereocenters. The Hall–Kier alpha value is -2.34. The molecule has 22 heavy (non-hydrogen) atoms. The number of para-hydroxylation sites is 1. The molecule has 0 saturated carbocycles. The zero-order valence-electron chi connectivity index (χ0n) is 12.2. The summed E-state index contributed by atoms with van der Waals surface area (Å²) in [6.45, 7) is 3.48. The molecule has 1 amide bonds. The summed E-state index contributed by atoms with van der Waals surface area (Å²) in [5, 5.41) is 16.2. The minimum absolute atomic E-state index is 0.150. The van der Waals surface area contributed by atoms with Crippen LogP contribution in [-0.4, -0.2) is 32.8 Å². The maximum absolute atomic E-state index is 12.1. The molecule has 0 fully saturated rings. The molecule has 2 N–H and O–H groups in total. The Labute approximate surface area is 132 Å². The second-order valence-electron chi connectivity index (χ2n) is 4.81. The first-order valence-electron chi connectivity index (χ1n) is 6.79. The van der Waals surface area contributed by atoms with Crippen molar-refractivity contribution >= 4 is 23.5 Å². The molecule has 1 aromatic heterocycles. The summed E-state index contributed by atoms with van der Waals surface area (Å²) >= 11 is 6.13. The Morgan fingerprint density at radius 2 is 2.09 bits per heavy atom. The molecule has 1 heterocycles. The van der Waals surface area contributed by atoms with Gasteiger partial charge in [-0.25, -0.2) is 9.48 Å². The summed E-state index contributed by atoms with van der Waals surface area (Å²) in [6.07, 6.45) is 0.297. The molecule has 0 aliphatic heterocycles. The number of benzene rings is 1. The number of aryl methyl sites for hydroxylation is 1. The van der Waals surface area contributed by atoms with E-state index in [1.165, 1.54) is 0 Å². The van der Waals surface area contributed by atoms with Gasteiger partial charge in [-0.2, -0.15) is 5.10 Å². The Kier molecular flexibility index (Phi) is 4.82. The van der Waals surface area contributed by atoms with Crippen molar-refractivity contribution in [3.05, 3.63) is 46.7 Å². The highest BCUT2D eigenvalue weighted by atomic mass is 35.5. The van der Waals surface area contributed by atoms with Gasteiger partial charge in [0.15, 0.2) is 5.69 Å². The first kappa shape index (κ1) is 16.0. The fourth-order valence-electron chi connectivity index (χ4n) is 2.02. The van der Waals surface area contributed by atoms with Gasteiger partial charge in [-0.15, -0.1) is 0 Å². The molecule has 0 radical (unpaired) electrons. The molecule has 7 heteroatoms. The van der Waals surface area contributed by atoms with Crippen LogP contribution in [0.2, 0.25) is 5.02 Å². The lowest BCUT2D eigenvalue weighted by molar-refractivity contribution is -0.139. The smallest absolute Gasteiger partial charge is 0.326 e.